The number of benzene rings is 2. The Labute approximate surface area is 184 Å². The number of imide groups is 1. The Morgan fingerprint density at radius 2 is 1.72 bits per heavy atom. The Bertz CT molecular complexity index is 1050. The summed E-state index contributed by atoms with van der Waals surface area (Å²) in [7, 11) is 0. The van der Waals surface area contributed by atoms with E-state index in [1.54, 1.807) is 0 Å². The van der Waals surface area contributed by atoms with Gasteiger partial charge in [0.2, 0.25) is 0 Å². The number of nitrogens with one attached hydrogen (secondary N) is 1. The largest absolute Gasteiger partial charge is 0.416 e. The highest BCUT2D eigenvalue weighted by Gasteiger charge is 2.53. The molecular formula is C24H24F3N3O2. The number of carbonyl (C=O) groups is 2. The van der Waals surface area contributed by atoms with Crippen LogP contribution in [0.25, 0.3) is 0 Å². The van der Waals surface area contributed by atoms with Crippen molar-refractivity contribution in [3.05, 3.63) is 70.8 Å². The van der Waals surface area contributed by atoms with Crippen LogP contribution < -0.4 is 5.32 Å². The van der Waals surface area contributed by atoms with Gasteiger partial charge in [-0.1, -0.05) is 36.4 Å². The molecule has 1 atom stereocenters. The molecule has 1 saturated carbocycles. The summed E-state index contributed by atoms with van der Waals surface area (Å²) in [5.74, 6) is -0.213. The summed E-state index contributed by atoms with van der Waals surface area (Å²) in [5, 5.41) is 2.95. The number of nitrogens with zero attached hydrogens (tertiary/aromatic N) is 2. The number of amides is 3. The summed E-state index contributed by atoms with van der Waals surface area (Å²) < 4.78 is 38.5. The minimum atomic E-state index is -4.37. The molecule has 3 aliphatic rings. The maximum Gasteiger partial charge on any atom is 0.416 e. The monoisotopic (exact) mass is 443 g/mol. The van der Waals surface area contributed by atoms with Crippen LogP contribution in [0.2, 0.25) is 0 Å². The summed E-state index contributed by atoms with van der Waals surface area (Å²) in [6, 6.07) is 12.9. The number of hydrogen-bond donors (Lipinski definition) is 1. The van der Waals surface area contributed by atoms with Gasteiger partial charge in [-0.05, 0) is 54.5 Å². The Kier molecular flexibility index (Phi) is 5.00. The van der Waals surface area contributed by atoms with Crippen molar-refractivity contribution >= 4 is 11.9 Å². The molecule has 5 nitrogen and oxygen atoms in total. The van der Waals surface area contributed by atoms with Gasteiger partial charge in [0, 0.05) is 19.0 Å². The molecule has 1 heterocycles. The van der Waals surface area contributed by atoms with E-state index in [1.165, 1.54) is 22.6 Å². The molecule has 2 aliphatic carbocycles. The molecule has 1 unspecified atom stereocenters. The van der Waals surface area contributed by atoms with E-state index >= 15 is 0 Å². The number of halogens is 3. The highest BCUT2D eigenvalue weighted by Crippen LogP contribution is 2.35. The predicted octanol–water partition coefficient (Wildman–Crippen LogP) is 4.11. The molecule has 32 heavy (non-hydrogen) atoms. The zero-order chi connectivity index (χ0) is 22.5. The second kappa shape index (κ2) is 7.62. The van der Waals surface area contributed by atoms with E-state index in [1.807, 2.05) is 23.1 Å². The van der Waals surface area contributed by atoms with Crippen molar-refractivity contribution < 1.29 is 22.8 Å². The fraction of sp³-hybridized carbons (Fsp3) is 0.417. The normalized spacial score (nSPS) is 23.1. The SMILES string of the molecule is O=C1NC2(CCc3ccccc3C2)C(=O)N1CN(Cc1ccc(C(F)(F)F)cc1)C1CC1. The summed E-state index contributed by atoms with van der Waals surface area (Å²) in [6.45, 7) is 0.523. The quantitative estimate of drug-likeness (QED) is 0.708. The van der Waals surface area contributed by atoms with Gasteiger partial charge >= 0.3 is 12.2 Å². The lowest BCUT2D eigenvalue weighted by atomic mass is 9.78. The first kappa shape index (κ1) is 21.0. The van der Waals surface area contributed by atoms with Crippen LogP contribution in [0.5, 0.6) is 0 Å². The maximum atomic E-state index is 13.4. The summed E-state index contributed by atoms with van der Waals surface area (Å²) in [4.78, 5) is 29.5. The van der Waals surface area contributed by atoms with Gasteiger partial charge in [-0.3, -0.25) is 9.69 Å². The lowest BCUT2D eigenvalue weighted by Crippen LogP contribution is -2.51. The Hall–Kier alpha value is -2.87. The fourth-order valence-electron chi connectivity index (χ4n) is 4.78. The first-order valence-electron chi connectivity index (χ1n) is 10.9. The molecular weight excluding hydrogens is 419 g/mol. The predicted molar refractivity (Wildman–Crippen MR) is 111 cm³/mol. The first-order valence-corrected chi connectivity index (χ1v) is 10.9. The van der Waals surface area contributed by atoms with Crippen LogP contribution in [0.3, 0.4) is 0 Å². The topological polar surface area (TPSA) is 52.7 Å². The zero-order valence-corrected chi connectivity index (χ0v) is 17.5. The second-order valence-corrected chi connectivity index (χ2v) is 9.01. The summed E-state index contributed by atoms with van der Waals surface area (Å²) in [5.41, 5.74) is 1.42. The van der Waals surface area contributed by atoms with Gasteiger partial charge in [0.05, 0.1) is 12.2 Å². The molecule has 8 heteroatoms. The van der Waals surface area contributed by atoms with Crippen molar-refractivity contribution in [1.82, 2.24) is 15.1 Å². The number of aryl methyl sites for hydroxylation is 1. The molecule has 0 aromatic heterocycles. The molecule has 1 spiro atoms. The second-order valence-electron chi connectivity index (χ2n) is 9.01. The molecule has 168 valence electrons. The van der Waals surface area contributed by atoms with Crippen molar-refractivity contribution in [2.24, 2.45) is 0 Å². The van der Waals surface area contributed by atoms with E-state index < -0.39 is 23.3 Å². The van der Waals surface area contributed by atoms with Gasteiger partial charge in [-0.25, -0.2) is 9.69 Å². The van der Waals surface area contributed by atoms with Gasteiger partial charge < -0.3 is 5.32 Å². The van der Waals surface area contributed by atoms with Gasteiger partial charge in [0.1, 0.15) is 5.54 Å². The Morgan fingerprint density at radius 1 is 1.03 bits per heavy atom. The lowest BCUT2D eigenvalue weighted by Gasteiger charge is -2.33. The number of urea groups is 1. The molecule has 1 N–H and O–H groups in total. The van der Waals surface area contributed by atoms with Crippen molar-refractivity contribution in [3.63, 3.8) is 0 Å². The van der Waals surface area contributed by atoms with Crippen molar-refractivity contribution in [3.8, 4) is 0 Å². The van der Waals surface area contributed by atoms with Crippen LogP contribution in [-0.4, -0.2) is 40.0 Å². The van der Waals surface area contributed by atoms with E-state index in [-0.39, 0.29) is 18.6 Å². The highest BCUT2D eigenvalue weighted by atomic mass is 19.4. The molecule has 0 bridgehead atoms. The van der Waals surface area contributed by atoms with Crippen LogP contribution in [0.1, 0.15) is 41.5 Å². The van der Waals surface area contributed by atoms with Gasteiger partial charge in [0.25, 0.3) is 5.91 Å². The smallest absolute Gasteiger partial charge is 0.323 e. The fourth-order valence-corrected chi connectivity index (χ4v) is 4.78. The molecule has 1 aliphatic heterocycles. The van der Waals surface area contributed by atoms with Crippen molar-refractivity contribution in [2.75, 3.05) is 6.67 Å². The molecule has 2 aromatic rings. The van der Waals surface area contributed by atoms with Crippen LogP contribution in [0.15, 0.2) is 48.5 Å². The van der Waals surface area contributed by atoms with E-state index in [0.717, 1.165) is 42.5 Å². The van der Waals surface area contributed by atoms with E-state index in [0.29, 0.717) is 19.4 Å². The van der Waals surface area contributed by atoms with Gasteiger partial charge in [-0.2, -0.15) is 13.2 Å². The Morgan fingerprint density at radius 3 is 2.38 bits per heavy atom. The summed E-state index contributed by atoms with van der Waals surface area (Å²) >= 11 is 0. The third-order valence-corrected chi connectivity index (χ3v) is 6.73. The van der Waals surface area contributed by atoms with Gasteiger partial charge in [-0.15, -0.1) is 0 Å². The average Bonchev–Trinajstić information content (AvgIpc) is 3.58. The maximum absolute atomic E-state index is 13.4. The lowest BCUT2D eigenvalue weighted by molar-refractivity contribution is -0.137. The standard InChI is InChI=1S/C24H24F3N3O2/c25-24(26,27)19-7-5-16(6-8-19)14-29(20-9-10-20)15-30-21(31)23(28-22(30)32)12-11-17-3-1-2-4-18(17)13-23/h1-8,20H,9-15H2,(H,28,32). The van der Waals surface area contributed by atoms with Crippen LogP contribution >= 0.6 is 0 Å². The number of fused-ring (bicyclic) bond motifs is 1. The molecule has 0 radical (unpaired) electrons. The molecule has 2 aromatic carbocycles. The molecule has 5 rings (SSSR count). The number of alkyl halides is 3. The van der Waals surface area contributed by atoms with E-state index in [9.17, 15) is 22.8 Å². The van der Waals surface area contributed by atoms with Crippen molar-refractivity contribution in [1.29, 1.82) is 0 Å². The first-order chi connectivity index (χ1) is 15.2. The number of hydrogen-bond acceptors (Lipinski definition) is 3. The minimum Gasteiger partial charge on any atom is -0.323 e. The third kappa shape index (κ3) is 3.88. The molecule has 3 amide bonds. The van der Waals surface area contributed by atoms with Crippen LogP contribution in [0.4, 0.5) is 18.0 Å². The average molecular weight is 443 g/mol. The van der Waals surface area contributed by atoms with Crippen molar-refractivity contribution in [2.45, 2.75) is 56.4 Å². The zero-order valence-electron chi connectivity index (χ0n) is 17.5. The molecule has 1 saturated heterocycles. The highest BCUT2D eigenvalue weighted by molar-refractivity contribution is 6.07. The molecule has 2 fully saturated rings. The van der Waals surface area contributed by atoms with Gasteiger partial charge in [0.15, 0.2) is 0 Å². The third-order valence-electron chi connectivity index (χ3n) is 6.73. The van der Waals surface area contributed by atoms with Crippen LogP contribution in [-0.2, 0) is 30.4 Å². The summed E-state index contributed by atoms with van der Waals surface area (Å²) in [6.07, 6.45) is -0.707. The number of carbonyl (C=O) groups excluding carboxylic acids is 2. The number of rotatable bonds is 5. The van der Waals surface area contributed by atoms with Crippen LogP contribution in [0, 0.1) is 0 Å². The van der Waals surface area contributed by atoms with E-state index in [2.05, 4.69) is 11.4 Å². The Balaban J connectivity index is 1.31. The van der Waals surface area contributed by atoms with E-state index in [4.69, 9.17) is 0 Å². The minimum absolute atomic E-state index is 0.139.